The van der Waals surface area contributed by atoms with E-state index < -0.39 is 11.4 Å². The summed E-state index contributed by atoms with van der Waals surface area (Å²) in [4.78, 5) is 10.5. The van der Waals surface area contributed by atoms with E-state index in [2.05, 4.69) is 6.58 Å². The summed E-state index contributed by atoms with van der Waals surface area (Å²) in [5.74, 6) is -0.317. The van der Waals surface area contributed by atoms with E-state index in [4.69, 9.17) is 11.5 Å². The molecule has 0 bridgehead atoms. The van der Waals surface area contributed by atoms with Gasteiger partial charge in [0.2, 0.25) is 5.91 Å². The number of amides is 1. The van der Waals surface area contributed by atoms with Crippen LogP contribution in [0, 0.1) is 5.92 Å². The Bertz CT molecular complexity index is 166. The van der Waals surface area contributed by atoms with Crippen molar-refractivity contribution in [3.8, 4) is 0 Å². The minimum atomic E-state index is -0.762. The van der Waals surface area contributed by atoms with Crippen molar-refractivity contribution >= 4 is 5.91 Å². The first-order chi connectivity index (χ1) is 4.11. The normalized spacial score (nSPS) is 39.9. The highest BCUT2D eigenvalue weighted by molar-refractivity contribution is 5.88. The molecule has 3 heteroatoms. The molecule has 0 aromatic carbocycles. The number of primary amides is 1. The smallest absolute Gasteiger partial charge is 0.238 e. The Hall–Kier alpha value is -0.830. The van der Waals surface area contributed by atoms with Gasteiger partial charge in [-0.3, -0.25) is 4.79 Å². The van der Waals surface area contributed by atoms with Crippen molar-refractivity contribution in [2.24, 2.45) is 17.4 Å². The van der Waals surface area contributed by atoms with Crippen LogP contribution in [-0.4, -0.2) is 11.4 Å². The lowest BCUT2D eigenvalue weighted by Crippen LogP contribution is -2.40. The van der Waals surface area contributed by atoms with Crippen molar-refractivity contribution in [2.45, 2.75) is 12.0 Å². The molecule has 1 fully saturated rings. The van der Waals surface area contributed by atoms with Crippen molar-refractivity contribution in [1.29, 1.82) is 0 Å². The quantitative estimate of drug-likeness (QED) is 0.484. The average molecular weight is 126 g/mol. The Labute approximate surface area is 53.7 Å². The van der Waals surface area contributed by atoms with Crippen molar-refractivity contribution < 1.29 is 4.79 Å². The van der Waals surface area contributed by atoms with Gasteiger partial charge in [0.1, 0.15) is 5.54 Å². The second-order valence-corrected chi connectivity index (χ2v) is 2.45. The van der Waals surface area contributed by atoms with Crippen LogP contribution < -0.4 is 11.5 Å². The molecule has 0 heterocycles. The van der Waals surface area contributed by atoms with Crippen LogP contribution in [0.3, 0.4) is 0 Å². The second-order valence-electron chi connectivity index (χ2n) is 2.45. The Balaban J connectivity index is 2.62. The van der Waals surface area contributed by atoms with E-state index in [1.165, 1.54) is 0 Å². The maximum Gasteiger partial charge on any atom is 0.238 e. The fourth-order valence-electron chi connectivity index (χ4n) is 0.882. The maximum atomic E-state index is 10.5. The molecule has 0 aliphatic heterocycles. The molecule has 1 aliphatic rings. The Morgan fingerprint density at radius 1 is 1.89 bits per heavy atom. The third kappa shape index (κ3) is 0.733. The average Bonchev–Trinajstić information content (AvgIpc) is 2.44. The monoisotopic (exact) mass is 126 g/mol. The summed E-state index contributed by atoms with van der Waals surface area (Å²) in [6.45, 7) is 3.51. The largest absolute Gasteiger partial charge is 0.368 e. The summed E-state index contributed by atoms with van der Waals surface area (Å²) in [5, 5.41) is 0. The van der Waals surface area contributed by atoms with Crippen molar-refractivity contribution in [2.75, 3.05) is 0 Å². The summed E-state index contributed by atoms with van der Waals surface area (Å²) in [7, 11) is 0. The first-order valence-electron chi connectivity index (χ1n) is 2.82. The van der Waals surface area contributed by atoms with E-state index in [1.807, 2.05) is 0 Å². The molecule has 0 radical (unpaired) electrons. The van der Waals surface area contributed by atoms with E-state index in [0.717, 1.165) is 0 Å². The summed E-state index contributed by atoms with van der Waals surface area (Å²) in [6.07, 6.45) is 2.33. The molecule has 9 heavy (non-hydrogen) atoms. The summed E-state index contributed by atoms with van der Waals surface area (Å²) in [5.41, 5.74) is 9.72. The van der Waals surface area contributed by atoms with Gasteiger partial charge in [-0.05, 0) is 6.42 Å². The molecule has 50 valence electrons. The van der Waals surface area contributed by atoms with Crippen molar-refractivity contribution in [3.63, 3.8) is 0 Å². The molecule has 0 aromatic rings. The van der Waals surface area contributed by atoms with Crippen LogP contribution in [-0.2, 0) is 4.79 Å². The first kappa shape index (κ1) is 6.29. The van der Waals surface area contributed by atoms with Gasteiger partial charge in [-0.15, -0.1) is 6.58 Å². The molecule has 1 aliphatic carbocycles. The molecule has 0 spiro atoms. The third-order valence-electron chi connectivity index (χ3n) is 1.80. The minimum Gasteiger partial charge on any atom is -0.368 e. The molecule has 1 rings (SSSR count). The number of carbonyl (C=O) groups excluding carboxylic acids is 1. The van der Waals surface area contributed by atoms with E-state index in [0.29, 0.717) is 6.42 Å². The van der Waals surface area contributed by atoms with E-state index >= 15 is 0 Å². The van der Waals surface area contributed by atoms with Crippen LogP contribution >= 0.6 is 0 Å². The number of rotatable bonds is 2. The summed E-state index contributed by atoms with van der Waals surface area (Å²) >= 11 is 0. The highest BCUT2D eigenvalue weighted by Gasteiger charge is 2.54. The maximum absolute atomic E-state index is 10.5. The first-order valence-corrected chi connectivity index (χ1v) is 2.82. The molecule has 0 aromatic heterocycles. The van der Waals surface area contributed by atoms with Gasteiger partial charge >= 0.3 is 0 Å². The lowest BCUT2D eigenvalue weighted by atomic mass is 10.2. The van der Waals surface area contributed by atoms with E-state index in [1.54, 1.807) is 6.08 Å². The van der Waals surface area contributed by atoms with Crippen LogP contribution in [0.25, 0.3) is 0 Å². The zero-order valence-corrected chi connectivity index (χ0v) is 5.13. The van der Waals surface area contributed by atoms with Crippen LogP contribution in [0.2, 0.25) is 0 Å². The van der Waals surface area contributed by atoms with Gasteiger partial charge in [0.15, 0.2) is 0 Å². The van der Waals surface area contributed by atoms with Gasteiger partial charge in [0.05, 0.1) is 0 Å². The second kappa shape index (κ2) is 1.57. The number of hydrogen-bond donors (Lipinski definition) is 2. The molecule has 1 saturated carbocycles. The van der Waals surface area contributed by atoms with Crippen LogP contribution in [0.4, 0.5) is 0 Å². The van der Waals surface area contributed by atoms with Crippen LogP contribution in [0.5, 0.6) is 0 Å². The van der Waals surface area contributed by atoms with E-state index in [-0.39, 0.29) is 5.92 Å². The standard InChI is InChI=1S/C6H10N2O/c1-2-4-3-6(4,8)5(7)9/h2,4H,1,3,8H2,(H2,7,9)/t4?,6-/m1/s1. The summed E-state index contributed by atoms with van der Waals surface area (Å²) in [6, 6.07) is 0. The molecule has 2 atom stereocenters. The number of nitrogens with two attached hydrogens (primary N) is 2. The van der Waals surface area contributed by atoms with E-state index in [9.17, 15) is 4.79 Å². The fourth-order valence-corrected chi connectivity index (χ4v) is 0.882. The lowest BCUT2D eigenvalue weighted by molar-refractivity contribution is -0.120. The van der Waals surface area contributed by atoms with Gasteiger partial charge < -0.3 is 11.5 Å². The van der Waals surface area contributed by atoms with Crippen LogP contribution in [0.1, 0.15) is 6.42 Å². The predicted octanol–water partition coefficient (Wildman–Crippen LogP) is -0.625. The van der Waals surface area contributed by atoms with Gasteiger partial charge in [0, 0.05) is 5.92 Å². The zero-order chi connectivity index (χ0) is 7.07. The highest BCUT2D eigenvalue weighted by Crippen LogP contribution is 2.41. The van der Waals surface area contributed by atoms with Crippen LogP contribution in [0.15, 0.2) is 12.7 Å². The number of carbonyl (C=O) groups is 1. The van der Waals surface area contributed by atoms with Crippen molar-refractivity contribution in [1.82, 2.24) is 0 Å². The predicted molar refractivity (Wildman–Crippen MR) is 34.4 cm³/mol. The van der Waals surface area contributed by atoms with Crippen molar-refractivity contribution in [3.05, 3.63) is 12.7 Å². The summed E-state index contributed by atoms with van der Waals surface area (Å²) < 4.78 is 0. The Morgan fingerprint density at radius 2 is 2.44 bits per heavy atom. The highest BCUT2D eigenvalue weighted by atomic mass is 16.1. The molecular formula is C6H10N2O. The fraction of sp³-hybridized carbons (Fsp3) is 0.500. The van der Waals surface area contributed by atoms with Gasteiger partial charge in [0.25, 0.3) is 0 Å². The zero-order valence-electron chi connectivity index (χ0n) is 5.13. The van der Waals surface area contributed by atoms with Gasteiger partial charge in [-0.25, -0.2) is 0 Å². The topological polar surface area (TPSA) is 69.1 Å². The Kier molecular flexibility index (Phi) is 1.10. The SMILES string of the molecule is C=CC1C[C@]1(N)C(N)=O. The van der Waals surface area contributed by atoms with Gasteiger partial charge in [-0.2, -0.15) is 0 Å². The molecule has 0 saturated heterocycles. The molecule has 1 unspecified atom stereocenters. The molecule has 1 amide bonds. The van der Waals surface area contributed by atoms with Gasteiger partial charge in [-0.1, -0.05) is 6.08 Å². The molecular weight excluding hydrogens is 116 g/mol. The minimum absolute atomic E-state index is 0.106. The third-order valence-corrected chi connectivity index (χ3v) is 1.80. The Morgan fingerprint density at radius 3 is 2.56 bits per heavy atom. The molecule has 3 nitrogen and oxygen atoms in total. The lowest BCUT2D eigenvalue weighted by Gasteiger charge is -2.01. The number of hydrogen-bond acceptors (Lipinski definition) is 2. The molecule has 4 N–H and O–H groups in total.